The summed E-state index contributed by atoms with van der Waals surface area (Å²) in [7, 11) is -1.52. The molecule has 0 heterocycles. The topological polar surface area (TPSA) is 9.23 Å². The summed E-state index contributed by atoms with van der Waals surface area (Å²) < 4.78 is 5.93. The lowest BCUT2D eigenvalue weighted by Crippen LogP contribution is -2.42. The number of unbranched alkanes of at least 4 members (excludes halogenated alkanes) is 3. The normalized spacial score (nSPS) is 18.7. The highest BCUT2D eigenvalue weighted by Gasteiger charge is 2.48. The first-order valence-corrected chi connectivity index (χ1v) is 15.6. The number of hydrogen-bond acceptors (Lipinski definition) is 1. The van der Waals surface area contributed by atoms with Crippen molar-refractivity contribution in [2.75, 3.05) is 6.61 Å². The summed E-state index contributed by atoms with van der Waals surface area (Å²) in [5, 5.41) is 0. The van der Waals surface area contributed by atoms with Crippen LogP contribution in [0, 0.1) is 0 Å². The first-order valence-electron chi connectivity index (χ1n) is 12.7. The maximum absolute atomic E-state index is 5.93. The molecule has 1 nitrogen and oxygen atoms in total. The molecular formula is C29H42OSi. The molecule has 31 heavy (non-hydrogen) atoms. The summed E-state index contributed by atoms with van der Waals surface area (Å²) in [4.78, 5) is 0. The lowest BCUT2D eigenvalue weighted by Gasteiger charge is -2.40. The fourth-order valence-corrected chi connectivity index (χ4v) is 12.2. The average molecular weight is 435 g/mol. The van der Waals surface area contributed by atoms with Crippen molar-refractivity contribution in [3.05, 3.63) is 59.7 Å². The first-order chi connectivity index (χ1) is 14.9. The van der Waals surface area contributed by atoms with Crippen molar-refractivity contribution in [2.24, 2.45) is 0 Å². The molecule has 2 heteroatoms. The zero-order valence-electron chi connectivity index (χ0n) is 20.3. The van der Waals surface area contributed by atoms with Crippen molar-refractivity contribution in [1.29, 1.82) is 0 Å². The third-order valence-corrected chi connectivity index (χ3v) is 13.7. The summed E-state index contributed by atoms with van der Waals surface area (Å²) in [6, 6.07) is 20.1. The summed E-state index contributed by atoms with van der Waals surface area (Å²) in [6.07, 6.45) is 11.1. The molecule has 2 aromatic rings. The van der Waals surface area contributed by atoms with Gasteiger partial charge < -0.3 is 4.74 Å². The van der Waals surface area contributed by atoms with E-state index in [9.17, 15) is 0 Å². The molecule has 1 unspecified atom stereocenters. The van der Waals surface area contributed by atoms with Crippen LogP contribution in [-0.4, -0.2) is 20.3 Å². The van der Waals surface area contributed by atoms with Crippen LogP contribution in [0.2, 0.25) is 18.1 Å². The fraction of sp³-hybridized carbons (Fsp3) is 0.586. The number of hydrogen-bond donors (Lipinski definition) is 0. The van der Waals surface area contributed by atoms with Gasteiger partial charge in [0.05, 0.1) is 13.7 Å². The van der Waals surface area contributed by atoms with E-state index < -0.39 is 8.07 Å². The van der Waals surface area contributed by atoms with Gasteiger partial charge in [0.15, 0.2) is 0 Å². The molecule has 1 saturated carbocycles. The van der Waals surface area contributed by atoms with E-state index in [0.717, 1.165) is 12.1 Å². The molecule has 168 valence electrons. The predicted molar refractivity (Wildman–Crippen MR) is 137 cm³/mol. The standard InChI is InChI=1S/C29H42OSi/c1-29(2,3)30-21-13-5-6-14-22-31(4,23-15-7-8-16-23)28-26-19-11-9-17-24(26)25-18-10-12-20-27(25)28/h9-12,17-20,23,28H,5-8,13-16,21-22H2,1-4H3. The molecule has 1 atom stereocenters. The summed E-state index contributed by atoms with van der Waals surface area (Å²) in [5.74, 6) is 0. The molecule has 0 aliphatic heterocycles. The van der Waals surface area contributed by atoms with Crippen LogP contribution in [0.1, 0.15) is 88.8 Å². The van der Waals surface area contributed by atoms with Crippen molar-refractivity contribution < 1.29 is 4.74 Å². The SMILES string of the molecule is CC(C)(C)OCCCCCC[Si](C)(C1CCCC1)C1c2ccccc2-c2ccccc21. The van der Waals surface area contributed by atoms with Crippen molar-refractivity contribution in [3.8, 4) is 11.1 Å². The van der Waals surface area contributed by atoms with E-state index in [1.54, 1.807) is 11.1 Å². The number of benzene rings is 2. The van der Waals surface area contributed by atoms with Crippen molar-refractivity contribution in [3.63, 3.8) is 0 Å². The van der Waals surface area contributed by atoms with Gasteiger partial charge in [-0.1, -0.05) is 106 Å². The van der Waals surface area contributed by atoms with Crippen LogP contribution in [0.3, 0.4) is 0 Å². The maximum Gasteiger partial charge on any atom is 0.0665 e. The van der Waals surface area contributed by atoms with Crippen LogP contribution in [0.5, 0.6) is 0 Å². The molecule has 4 rings (SSSR count). The Morgan fingerprint density at radius 1 is 0.806 bits per heavy atom. The maximum atomic E-state index is 5.93. The van der Waals surface area contributed by atoms with Gasteiger partial charge in [-0.15, -0.1) is 0 Å². The van der Waals surface area contributed by atoms with E-state index in [2.05, 4.69) is 75.8 Å². The minimum absolute atomic E-state index is 0.00276. The minimum Gasteiger partial charge on any atom is -0.376 e. The monoisotopic (exact) mass is 434 g/mol. The van der Waals surface area contributed by atoms with E-state index in [1.807, 2.05) is 0 Å². The molecule has 0 amide bonds. The van der Waals surface area contributed by atoms with Gasteiger partial charge in [-0.25, -0.2) is 0 Å². The second kappa shape index (κ2) is 9.63. The number of ether oxygens (including phenoxy) is 1. The Hall–Kier alpha value is -1.38. The molecule has 0 saturated heterocycles. The highest BCUT2D eigenvalue weighted by molar-refractivity contribution is 6.82. The van der Waals surface area contributed by atoms with E-state index >= 15 is 0 Å². The van der Waals surface area contributed by atoms with Gasteiger partial charge in [0.2, 0.25) is 0 Å². The molecule has 2 aliphatic carbocycles. The molecule has 0 bridgehead atoms. The number of rotatable bonds is 9. The summed E-state index contributed by atoms with van der Waals surface area (Å²) in [5.41, 5.74) is 7.98. The Bertz CT molecular complexity index is 816. The summed E-state index contributed by atoms with van der Waals surface area (Å²) in [6.45, 7) is 10.1. The van der Waals surface area contributed by atoms with E-state index in [0.29, 0.717) is 5.54 Å². The Morgan fingerprint density at radius 3 is 1.94 bits per heavy atom. The molecular weight excluding hydrogens is 392 g/mol. The lowest BCUT2D eigenvalue weighted by atomic mass is 10.1. The van der Waals surface area contributed by atoms with Crippen LogP contribution in [-0.2, 0) is 4.74 Å². The lowest BCUT2D eigenvalue weighted by molar-refractivity contribution is -0.00471. The van der Waals surface area contributed by atoms with Gasteiger partial charge >= 0.3 is 0 Å². The molecule has 0 spiro atoms. The quantitative estimate of drug-likeness (QED) is 0.283. The molecule has 0 aromatic heterocycles. The first kappa shape index (κ1) is 22.8. The van der Waals surface area contributed by atoms with Gasteiger partial charge in [0, 0.05) is 12.1 Å². The molecule has 0 radical (unpaired) electrons. The van der Waals surface area contributed by atoms with Crippen molar-refractivity contribution in [2.45, 2.75) is 101 Å². The minimum atomic E-state index is -1.52. The van der Waals surface area contributed by atoms with Crippen molar-refractivity contribution >= 4 is 8.07 Å². The highest BCUT2D eigenvalue weighted by atomic mass is 28.3. The average Bonchev–Trinajstić information content (AvgIpc) is 3.39. The Labute approximate surface area is 191 Å². The molecule has 1 fully saturated rings. The van der Waals surface area contributed by atoms with E-state index in [1.165, 1.54) is 68.5 Å². The van der Waals surface area contributed by atoms with Gasteiger partial charge in [0.25, 0.3) is 0 Å². The molecule has 0 N–H and O–H groups in total. The van der Waals surface area contributed by atoms with Crippen LogP contribution >= 0.6 is 0 Å². The highest BCUT2D eigenvalue weighted by Crippen LogP contribution is 2.56. The predicted octanol–water partition coefficient (Wildman–Crippen LogP) is 8.74. The molecule has 2 aromatic carbocycles. The van der Waals surface area contributed by atoms with Crippen molar-refractivity contribution in [1.82, 2.24) is 0 Å². The second-order valence-corrected chi connectivity index (χ2v) is 16.1. The van der Waals surface area contributed by atoms with Gasteiger partial charge in [0.1, 0.15) is 0 Å². The van der Waals surface area contributed by atoms with Crippen LogP contribution in [0.25, 0.3) is 11.1 Å². The Balaban J connectivity index is 1.49. The zero-order chi connectivity index (χ0) is 21.9. The van der Waals surface area contributed by atoms with Gasteiger partial charge in [-0.2, -0.15) is 0 Å². The third kappa shape index (κ3) is 5.01. The fourth-order valence-electron chi connectivity index (χ4n) is 6.38. The van der Waals surface area contributed by atoms with Crippen LogP contribution in [0.15, 0.2) is 48.5 Å². The van der Waals surface area contributed by atoms with Gasteiger partial charge in [-0.05, 0) is 55.0 Å². The molecule has 2 aliphatic rings. The smallest absolute Gasteiger partial charge is 0.0665 e. The third-order valence-electron chi connectivity index (χ3n) is 7.93. The van der Waals surface area contributed by atoms with Crippen LogP contribution in [0.4, 0.5) is 0 Å². The number of fused-ring (bicyclic) bond motifs is 3. The summed E-state index contributed by atoms with van der Waals surface area (Å²) >= 11 is 0. The van der Waals surface area contributed by atoms with E-state index in [-0.39, 0.29) is 5.60 Å². The van der Waals surface area contributed by atoms with Crippen LogP contribution < -0.4 is 0 Å². The van der Waals surface area contributed by atoms with Gasteiger partial charge in [-0.3, -0.25) is 0 Å². The Kier molecular flexibility index (Phi) is 7.08. The zero-order valence-corrected chi connectivity index (χ0v) is 21.3. The Morgan fingerprint density at radius 2 is 1.35 bits per heavy atom. The van der Waals surface area contributed by atoms with E-state index in [4.69, 9.17) is 4.74 Å². The second-order valence-electron chi connectivity index (χ2n) is 11.2. The largest absolute Gasteiger partial charge is 0.376 e.